The summed E-state index contributed by atoms with van der Waals surface area (Å²) in [6, 6.07) is 0. The first-order valence-corrected chi connectivity index (χ1v) is 7.18. The highest BCUT2D eigenvalue weighted by molar-refractivity contribution is 4.65. The molecule has 0 aromatic rings. The van der Waals surface area contributed by atoms with E-state index in [-0.39, 0.29) is 0 Å². The number of hydrogen-bond donors (Lipinski definition) is 0. The van der Waals surface area contributed by atoms with Crippen molar-refractivity contribution in [1.82, 2.24) is 4.90 Å². The molecule has 0 aromatic heterocycles. The summed E-state index contributed by atoms with van der Waals surface area (Å²) in [5, 5.41) is 0. The first-order valence-electron chi connectivity index (χ1n) is 7.18. The van der Waals surface area contributed by atoms with E-state index in [1.165, 1.54) is 71.0 Å². The Morgan fingerprint density at radius 3 is 1.81 bits per heavy atom. The second kappa shape index (κ2) is 12.8. The molecule has 1 heteroatoms. The molecule has 16 heavy (non-hydrogen) atoms. The summed E-state index contributed by atoms with van der Waals surface area (Å²) in [5.41, 5.74) is 0. The second-order valence-electron chi connectivity index (χ2n) is 4.58. The highest BCUT2D eigenvalue weighted by Gasteiger charge is 1.97. The van der Waals surface area contributed by atoms with E-state index in [1.54, 1.807) is 0 Å². The first-order chi connectivity index (χ1) is 7.85. The third-order valence-corrected chi connectivity index (χ3v) is 3.28. The third kappa shape index (κ3) is 10.2. The molecular weight excluding hydrogens is 194 g/mol. The fraction of sp³-hybridized carbons (Fsp3) is 0.867. The maximum Gasteiger partial charge on any atom is -0.00190 e. The summed E-state index contributed by atoms with van der Waals surface area (Å²) in [6.07, 6.45) is 13.0. The summed E-state index contributed by atoms with van der Waals surface area (Å²) in [4.78, 5) is 2.52. The van der Waals surface area contributed by atoms with Gasteiger partial charge in [0.2, 0.25) is 0 Å². The number of unbranched alkanes of at least 4 members (excludes halogenated alkanes) is 7. The molecule has 0 aromatic carbocycles. The fourth-order valence-electron chi connectivity index (χ4n) is 2.05. The van der Waals surface area contributed by atoms with Crippen LogP contribution in [0, 0.1) is 0 Å². The molecule has 0 radical (unpaired) electrons. The minimum atomic E-state index is 1.20. The molecule has 1 nitrogen and oxygen atoms in total. The van der Waals surface area contributed by atoms with Crippen LogP contribution in [-0.4, -0.2) is 24.5 Å². The zero-order valence-corrected chi connectivity index (χ0v) is 11.5. The Morgan fingerprint density at radius 2 is 1.31 bits per heavy atom. The van der Waals surface area contributed by atoms with E-state index in [4.69, 9.17) is 0 Å². The van der Waals surface area contributed by atoms with Gasteiger partial charge in [0.15, 0.2) is 0 Å². The van der Waals surface area contributed by atoms with Crippen molar-refractivity contribution in [2.24, 2.45) is 0 Å². The molecule has 0 aliphatic rings. The largest absolute Gasteiger partial charge is 0.304 e. The van der Waals surface area contributed by atoms with Gasteiger partial charge >= 0.3 is 0 Å². The van der Waals surface area contributed by atoms with E-state index in [9.17, 15) is 0 Å². The van der Waals surface area contributed by atoms with Crippen molar-refractivity contribution >= 4 is 0 Å². The van der Waals surface area contributed by atoms with Gasteiger partial charge in [-0.2, -0.15) is 0 Å². The lowest BCUT2D eigenvalue weighted by Crippen LogP contribution is -2.23. The molecule has 0 saturated heterocycles. The molecule has 0 amide bonds. The summed E-state index contributed by atoms with van der Waals surface area (Å²) in [5.74, 6) is 0. The average molecular weight is 225 g/mol. The SMILES string of the molecule is C=CCCCCCCCCCN(CC)CC. The van der Waals surface area contributed by atoms with E-state index in [1.807, 2.05) is 6.08 Å². The Hall–Kier alpha value is -0.300. The standard InChI is InChI=1S/C15H31N/c1-4-7-8-9-10-11-12-13-14-15-16(5-2)6-3/h4H,1,5-15H2,2-3H3. The van der Waals surface area contributed by atoms with Crippen LogP contribution in [0.4, 0.5) is 0 Å². The molecule has 0 saturated carbocycles. The predicted molar refractivity (Wildman–Crippen MR) is 74.9 cm³/mol. The molecule has 0 rings (SSSR count). The van der Waals surface area contributed by atoms with Crippen LogP contribution in [0.25, 0.3) is 0 Å². The van der Waals surface area contributed by atoms with E-state index < -0.39 is 0 Å². The third-order valence-electron chi connectivity index (χ3n) is 3.28. The van der Waals surface area contributed by atoms with Crippen molar-refractivity contribution < 1.29 is 0 Å². The Kier molecular flexibility index (Phi) is 12.5. The van der Waals surface area contributed by atoms with Crippen molar-refractivity contribution in [2.75, 3.05) is 19.6 Å². The quantitative estimate of drug-likeness (QED) is 0.345. The van der Waals surface area contributed by atoms with E-state index in [0.29, 0.717) is 0 Å². The molecule has 0 aliphatic heterocycles. The van der Waals surface area contributed by atoms with Gasteiger partial charge in [-0.3, -0.25) is 0 Å². The zero-order valence-electron chi connectivity index (χ0n) is 11.5. The molecule has 0 aliphatic carbocycles. The Morgan fingerprint density at radius 1 is 0.812 bits per heavy atom. The summed E-state index contributed by atoms with van der Waals surface area (Å²) >= 11 is 0. The maximum atomic E-state index is 3.75. The highest BCUT2D eigenvalue weighted by Crippen LogP contribution is 2.09. The van der Waals surface area contributed by atoms with Crippen LogP contribution in [0.3, 0.4) is 0 Å². The number of rotatable bonds is 12. The Balaban J connectivity index is 3.06. The Bertz CT molecular complexity index is 138. The first kappa shape index (κ1) is 15.7. The lowest BCUT2D eigenvalue weighted by Gasteiger charge is -2.17. The minimum Gasteiger partial charge on any atom is -0.304 e. The van der Waals surface area contributed by atoms with Crippen LogP contribution in [0.5, 0.6) is 0 Å². The van der Waals surface area contributed by atoms with Crippen LogP contribution in [-0.2, 0) is 0 Å². The molecule has 0 bridgehead atoms. The monoisotopic (exact) mass is 225 g/mol. The smallest absolute Gasteiger partial charge is 0.00190 e. The number of nitrogens with zero attached hydrogens (tertiary/aromatic N) is 1. The van der Waals surface area contributed by atoms with Gasteiger partial charge in [-0.15, -0.1) is 6.58 Å². The lowest BCUT2D eigenvalue weighted by atomic mass is 10.1. The van der Waals surface area contributed by atoms with Crippen molar-refractivity contribution in [3.63, 3.8) is 0 Å². The fourth-order valence-corrected chi connectivity index (χ4v) is 2.05. The minimum absolute atomic E-state index is 1.20. The maximum absolute atomic E-state index is 3.75. The van der Waals surface area contributed by atoms with Crippen LogP contribution in [0.2, 0.25) is 0 Å². The van der Waals surface area contributed by atoms with Crippen LogP contribution in [0.1, 0.15) is 65.2 Å². The van der Waals surface area contributed by atoms with Gasteiger partial charge in [-0.05, 0) is 38.9 Å². The number of allylic oxidation sites excluding steroid dienone is 1. The normalized spacial score (nSPS) is 10.9. The van der Waals surface area contributed by atoms with Crippen molar-refractivity contribution in [2.45, 2.75) is 65.2 Å². The van der Waals surface area contributed by atoms with Gasteiger partial charge in [0, 0.05) is 0 Å². The summed E-state index contributed by atoms with van der Waals surface area (Å²) in [6.45, 7) is 12.0. The topological polar surface area (TPSA) is 3.24 Å². The van der Waals surface area contributed by atoms with Crippen LogP contribution in [0.15, 0.2) is 12.7 Å². The van der Waals surface area contributed by atoms with Gasteiger partial charge < -0.3 is 4.90 Å². The van der Waals surface area contributed by atoms with Gasteiger partial charge in [0.05, 0.1) is 0 Å². The molecule has 96 valence electrons. The van der Waals surface area contributed by atoms with Gasteiger partial charge in [-0.25, -0.2) is 0 Å². The van der Waals surface area contributed by atoms with Crippen LogP contribution < -0.4 is 0 Å². The van der Waals surface area contributed by atoms with E-state index >= 15 is 0 Å². The number of hydrogen-bond acceptors (Lipinski definition) is 1. The second-order valence-corrected chi connectivity index (χ2v) is 4.58. The lowest BCUT2D eigenvalue weighted by molar-refractivity contribution is 0.295. The average Bonchev–Trinajstić information content (AvgIpc) is 2.32. The molecule has 0 spiro atoms. The van der Waals surface area contributed by atoms with Crippen molar-refractivity contribution in [3.05, 3.63) is 12.7 Å². The van der Waals surface area contributed by atoms with Gasteiger partial charge in [0.1, 0.15) is 0 Å². The molecular formula is C15H31N. The van der Waals surface area contributed by atoms with Crippen LogP contribution >= 0.6 is 0 Å². The Labute approximate surface area is 103 Å². The van der Waals surface area contributed by atoms with Gasteiger partial charge in [0.25, 0.3) is 0 Å². The van der Waals surface area contributed by atoms with Crippen molar-refractivity contribution in [3.8, 4) is 0 Å². The summed E-state index contributed by atoms with van der Waals surface area (Å²) < 4.78 is 0. The molecule has 0 atom stereocenters. The zero-order chi connectivity index (χ0) is 12.1. The van der Waals surface area contributed by atoms with Gasteiger partial charge in [-0.1, -0.05) is 52.0 Å². The molecule has 0 unspecified atom stereocenters. The van der Waals surface area contributed by atoms with E-state index in [0.717, 1.165) is 0 Å². The molecule has 0 N–H and O–H groups in total. The molecule has 0 heterocycles. The molecule has 0 fully saturated rings. The van der Waals surface area contributed by atoms with Crippen molar-refractivity contribution in [1.29, 1.82) is 0 Å². The van der Waals surface area contributed by atoms with E-state index in [2.05, 4.69) is 25.3 Å². The predicted octanol–water partition coefficient (Wildman–Crippen LogP) is 4.64. The highest BCUT2D eigenvalue weighted by atomic mass is 15.1. The summed E-state index contributed by atoms with van der Waals surface area (Å²) in [7, 11) is 0.